The topological polar surface area (TPSA) is 37.6 Å². The van der Waals surface area contributed by atoms with Crippen molar-refractivity contribution in [3.05, 3.63) is 84.1 Å². The van der Waals surface area contributed by atoms with Crippen LogP contribution < -0.4 is 0 Å². The Bertz CT molecular complexity index is 1210. The summed E-state index contributed by atoms with van der Waals surface area (Å²) in [5, 5.41) is 1.40. The van der Waals surface area contributed by atoms with E-state index in [0.29, 0.717) is 10.0 Å². The first-order valence-electron chi connectivity index (χ1n) is 11.5. The molecule has 0 amide bonds. The van der Waals surface area contributed by atoms with Gasteiger partial charge in [-0.05, 0) is 126 Å². The Morgan fingerprint density at radius 3 is 1.24 bits per heavy atom. The Morgan fingerprint density at radius 2 is 0.882 bits per heavy atom. The lowest BCUT2D eigenvalue weighted by Crippen LogP contribution is -2.06. The molecule has 1 heterocycles. The number of pyridine rings is 1. The number of hydrogen-bond acceptors (Lipinski definition) is 3. The summed E-state index contributed by atoms with van der Waals surface area (Å²) in [5.74, 6) is 0. The van der Waals surface area contributed by atoms with Crippen molar-refractivity contribution >= 4 is 46.0 Å². The van der Waals surface area contributed by atoms with Gasteiger partial charge in [-0.1, -0.05) is 29.3 Å². The van der Waals surface area contributed by atoms with Gasteiger partial charge >= 0.3 is 0 Å². The van der Waals surface area contributed by atoms with E-state index in [4.69, 9.17) is 38.2 Å². The predicted molar refractivity (Wildman–Crippen MR) is 149 cm³/mol. The molecule has 2 aromatic carbocycles. The number of benzene rings is 2. The predicted octanol–water partition coefficient (Wildman–Crippen LogP) is 9.14. The van der Waals surface area contributed by atoms with Crippen LogP contribution in [0.2, 0.25) is 10.0 Å². The van der Waals surface area contributed by atoms with Crippen LogP contribution >= 0.6 is 23.2 Å². The van der Waals surface area contributed by atoms with Gasteiger partial charge < -0.3 is 0 Å². The van der Waals surface area contributed by atoms with Crippen molar-refractivity contribution in [1.82, 2.24) is 4.98 Å². The molecular weight excluding hydrogens is 461 g/mol. The summed E-state index contributed by atoms with van der Waals surface area (Å²) in [7, 11) is 0. The Balaban J connectivity index is 2.08. The first-order valence-corrected chi connectivity index (χ1v) is 12.2. The van der Waals surface area contributed by atoms with Crippen molar-refractivity contribution in [3.63, 3.8) is 0 Å². The Kier molecular flexibility index (Phi) is 7.69. The lowest BCUT2D eigenvalue weighted by atomic mass is 9.97. The molecule has 0 N–H and O–H groups in total. The van der Waals surface area contributed by atoms with Gasteiger partial charge in [-0.3, -0.25) is 0 Å². The Hall–Kier alpha value is -2.49. The van der Waals surface area contributed by atoms with E-state index in [1.165, 1.54) is 22.3 Å². The third-order valence-corrected chi connectivity index (χ3v) is 8.13. The molecule has 0 aliphatic rings. The third kappa shape index (κ3) is 4.69. The molecule has 0 bridgehead atoms. The van der Waals surface area contributed by atoms with Crippen molar-refractivity contribution in [2.75, 3.05) is 0 Å². The van der Waals surface area contributed by atoms with Crippen molar-refractivity contribution in [2.45, 2.75) is 69.2 Å². The summed E-state index contributed by atoms with van der Waals surface area (Å²) in [5.41, 5.74) is 14.0. The normalized spacial score (nSPS) is 12.5. The summed E-state index contributed by atoms with van der Waals surface area (Å²) in [4.78, 5) is 14.7. The largest absolute Gasteiger partial charge is 0.250 e. The average Bonchev–Trinajstić information content (AvgIpc) is 2.84. The maximum Gasteiger partial charge on any atom is 0.0854 e. The molecule has 0 unspecified atom stereocenters. The highest BCUT2D eigenvalue weighted by molar-refractivity contribution is 6.34. The van der Waals surface area contributed by atoms with Crippen LogP contribution in [0, 0.1) is 55.4 Å². The lowest BCUT2D eigenvalue weighted by molar-refractivity contribution is 1.19. The van der Waals surface area contributed by atoms with E-state index in [1.54, 1.807) is 0 Å². The molecule has 0 fully saturated rings. The number of rotatable bonds is 4. The minimum absolute atomic E-state index is 0.698. The molecule has 5 heteroatoms. The minimum Gasteiger partial charge on any atom is -0.250 e. The second-order valence-electron chi connectivity index (χ2n) is 9.13. The molecule has 178 valence electrons. The fourth-order valence-electron chi connectivity index (χ4n) is 4.05. The van der Waals surface area contributed by atoms with Crippen LogP contribution in [0.4, 0.5) is 11.4 Å². The van der Waals surface area contributed by atoms with Gasteiger partial charge in [0, 0.05) is 0 Å². The molecule has 3 aromatic rings. The van der Waals surface area contributed by atoms with Crippen molar-refractivity contribution in [1.29, 1.82) is 0 Å². The van der Waals surface area contributed by atoms with Crippen molar-refractivity contribution < 1.29 is 0 Å². The molecule has 0 saturated carbocycles. The molecule has 0 radical (unpaired) electrons. The summed E-state index contributed by atoms with van der Waals surface area (Å²) in [6.07, 6.45) is 0. The average molecular weight is 495 g/mol. The molecular formula is C29H33Cl2N3. The van der Waals surface area contributed by atoms with Crippen molar-refractivity contribution in [2.24, 2.45) is 9.98 Å². The Labute approximate surface area is 214 Å². The van der Waals surface area contributed by atoms with Gasteiger partial charge in [0.2, 0.25) is 0 Å². The van der Waals surface area contributed by atoms with Crippen LogP contribution in [-0.2, 0) is 0 Å². The van der Waals surface area contributed by atoms with Gasteiger partial charge in [-0.15, -0.1) is 0 Å². The lowest BCUT2D eigenvalue weighted by Gasteiger charge is -2.15. The van der Waals surface area contributed by atoms with Crippen LogP contribution in [0.3, 0.4) is 0 Å². The summed E-state index contributed by atoms with van der Waals surface area (Å²) < 4.78 is 0. The van der Waals surface area contributed by atoms with Crippen LogP contribution in [0.25, 0.3) is 0 Å². The standard InChI is InChI=1S/C29H33Cl2N3/c1-14-16(3)20(7)28(26(30)18(14)5)32-22(9)24-12-11-13-25(34-24)23(10)33-29-21(8)17(4)15(2)19(6)27(29)31/h11-13H,1-10H3. The van der Waals surface area contributed by atoms with Gasteiger partial charge in [0.1, 0.15) is 0 Å². The maximum atomic E-state index is 6.69. The monoisotopic (exact) mass is 493 g/mol. The first kappa shape index (κ1) is 26.1. The first-order chi connectivity index (χ1) is 15.9. The van der Waals surface area contributed by atoms with E-state index in [1.807, 2.05) is 45.9 Å². The van der Waals surface area contributed by atoms with Crippen molar-refractivity contribution in [3.8, 4) is 0 Å². The zero-order chi connectivity index (χ0) is 25.5. The molecule has 0 aliphatic heterocycles. The number of nitrogens with zero attached hydrogens (tertiary/aromatic N) is 3. The van der Waals surface area contributed by atoms with E-state index in [9.17, 15) is 0 Å². The third-order valence-electron chi connectivity index (χ3n) is 7.21. The summed E-state index contributed by atoms with van der Waals surface area (Å²) in [6.45, 7) is 20.6. The van der Waals surface area contributed by atoms with Gasteiger partial charge in [-0.25, -0.2) is 15.0 Å². The molecule has 0 spiro atoms. The zero-order valence-corrected chi connectivity index (χ0v) is 23.3. The quantitative estimate of drug-likeness (QED) is 0.333. The number of halogens is 2. The van der Waals surface area contributed by atoms with Gasteiger partial charge in [0.05, 0.1) is 44.2 Å². The van der Waals surface area contributed by atoms with Gasteiger partial charge in [0.25, 0.3) is 0 Å². The maximum absolute atomic E-state index is 6.69. The van der Waals surface area contributed by atoms with E-state index in [-0.39, 0.29) is 0 Å². The Morgan fingerprint density at radius 1 is 0.559 bits per heavy atom. The summed E-state index contributed by atoms with van der Waals surface area (Å²) >= 11 is 13.4. The number of aromatic nitrogens is 1. The highest BCUT2D eigenvalue weighted by Crippen LogP contribution is 2.38. The van der Waals surface area contributed by atoms with E-state index >= 15 is 0 Å². The second-order valence-corrected chi connectivity index (χ2v) is 9.88. The second kappa shape index (κ2) is 10.0. The fraction of sp³-hybridized carbons (Fsp3) is 0.345. The molecule has 3 nitrogen and oxygen atoms in total. The minimum atomic E-state index is 0.698. The highest BCUT2D eigenvalue weighted by Gasteiger charge is 2.16. The highest BCUT2D eigenvalue weighted by atomic mass is 35.5. The van der Waals surface area contributed by atoms with Crippen LogP contribution in [0.5, 0.6) is 0 Å². The number of aliphatic imine (C=N–C) groups is 2. The molecule has 3 rings (SSSR count). The molecule has 0 saturated heterocycles. The smallest absolute Gasteiger partial charge is 0.0854 e. The molecule has 34 heavy (non-hydrogen) atoms. The summed E-state index contributed by atoms with van der Waals surface area (Å²) in [6, 6.07) is 5.91. The molecule has 0 aliphatic carbocycles. The van der Waals surface area contributed by atoms with E-state index in [2.05, 4.69) is 41.5 Å². The number of hydrogen-bond donors (Lipinski definition) is 0. The fourth-order valence-corrected chi connectivity index (χ4v) is 4.70. The van der Waals surface area contributed by atoms with Crippen LogP contribution in [0.1, 0.15) is 69.7 Å². The van der Waals surface area contributed by atoms with Gasteiger partial charge in [0.15, 0.2) is 0 Å². The van der Waals surface area contributed by atoms with E-state index in [0.717, 1.165) is 56.4 Å². The van der Waals surface area contributed by atoms with Crippen LogP contribution in [-0.4, -0.2) is 16.4 Å². The van der Waals surface area contributed by atoms with E-state index < -0.39 is 0 Å². The SMILES string of the molecule is CC(=Nc1c(C)c(C)c(C)c(C)c1Cl)c1cccc(C(C)=Nc2c(C)c(C)c(C)c(C)c2Cl)n1. The molecule has 0 atom stereocenters. The molecule has 1 aromatic heterocycles. The zero-order valence-electron chi connectivity index (χ0n) is 21.8. The van der Waals surface area contributed by atoms with Gasteiger partial charge in [-0.2, -0.15) is 0 Å². The van der Waals surface area contributed by atoms with Crippen LogP contribution in [0.15, 0.2) is 28.2 Å².